The third-order valence-electron chi connectivity index (χ3n) is 4.98. The second-order valence-electron chi connectivity index (χ2n) is 7.28. The number of halogens is 1. The molecule has 0 radical (unpaired) electrons. The number of carbonyl (C=O) groups is 1. The molecule has 1 amide bonds. The highest BCUT2D eigenvalue weighted by molar-refractivity contribution is 8.18. The molecule has 0 aliphatic carbocycles. The van der Waals surface area contributed by atoms with Crippen molar-refractivity contribution in [2.45, 2.75) is 13.5 Å². The first kappa shape index (κ1) is 23.2. The molecule has 7 nitrogen and oxygen atoms in total. The number of carbonyl (C=O) groups excluding carboxylic acids is 1. The first-order chi connectivity index (χ1) is 16.4. The van der Waals surface area contributed by atoms with Crippen LogP contribution in [0, 0.1) is 15.9 Å². The van der Waals surface area contributed by atoms with Gasteiger partial charge in [-0.2, -0.15) is 0 Å². The number of ether oxygens (including phenoxy) is 1. The fourth-order valence-electron chi connectivity index (χ4n) is 3.29. The van der Waals surface area contributed by atoms with E-state index in [4.69, 9.17) is 4.74 Å². The number of nitro groups is 1. The van der Waals surface area contributed by atoms with E-state index in [1.807, 2.05) is 25.1 Å². The van der Waals surface area contributed by atoms with Gasteiger partial charge < -0.3 is 4.74 Å². The SMILES string of the molecule is CCN1C(=O)/C(=C\c2ccccc2OCc2cccc([N+](=O)[O-])c2)SC1=Nc1ccc(F)cc1. The second kappa shape index (κ2) is 10.3. The number of amides is 1. The van der Waals surface area contributed by atoms with Crippen molar-refractivity contribution in [3.8, 4) is 5.75 Å². The highest BCUT2D eigenvalue weighted by Crippen LogP contribution is 2.35. The van der Waals surface area contributed by atoms with Crippen molar-refractivity contribution in [1.29, 1.82) is 0 Å². The average Bonchev–Trinajstić information content (AvgIpc) is 3.13. The summed E-state index contributed by atoms with van der Waals surface area (Å²) in [5.74, 6) is 0.0116. The fourth-order valence-corrected chi connectivity index (χ4v) is 4.34. The van der Waals surface area contributed by atoms with Crippen LogP contribution in [0.1, 0.15) is 18.1 Å². The van der Waals surface area contributed by atoms with Crippen LogP contribution in [0.5, 0.6) is 5.75 Å². The summed E-state index contributed by atoms with van der Waals surface area (Å²) in [4.78, 5) is 30.1. The summed E-state index contributed by atoms with van der Waals surface area (Å²) < 4.78 is 19.1. The molecule has 0 spiro atoms. The number of rotatable bonds is 7. The quantitative estimate of drug-likeness (QED) is 0.239. The average molecular weight is 478 g/mol. The van der Waals surface area contributed by atoms with E-state index in [2.05, 4.69) is 4.99 Å². The van der Waals surface area contributed by atoms with Crippen LogP contribution in [0.25, 0.3) is 6.08 Å². The zero-order chi connectivity index (χ0) is 24.1. The summed E-state index contributed by atoms with van der Waals surface area (Å²) in [6.45, 7) is 2.44. The van der Waals surface area contributed by atoms with Gasteiger partial charge >= 0.3 is 0 Å². The molecule has 3 aromatic carbocycles. The first-order valence-electron chi connectivity index (χ1n) is 10.5. The summed E-state index contributed by atoms with van der Waals surface area (Å²) in [6.07, 6.45) is 1.74. The summed E-state index contributed by atoms with van der Waals surface area (Å²) >= 11 is 1.24. The maximum absolute atomic E-state index is 13.2. The predicted octanol–water partition coefficient (Wildman–Crippen LogP) is 5.94. The fraction of sp³-hybridized carbons (Fsp3) is 0.120. The Labute approximate surface area is 199 Å². The molecule has 1 aliphatic heterocycles. The van der Waals surface area contributed by atoms with Gasteiger partial charge in [-0.05, 0) is 60.7 Å². The lowest BCUT2D eigenvalue weighted by Crippen LogP contribution is -2.28. The van der Waals surface area contributed by atoms with Crippen LogP contribution in [-0.4, -0.2) is 27.4 Å². The highest BCUT2D eigenvalue weighted by atomic mass is 32.2. The van der Waals surface area contributed by atoms with E-state index in [9.17, 15) is 19.3 Å². The number of amidine groups is 1. The normalized spacial score (nSPS) is 15.8. The molecule has 172 valence electrons. The van der Waals surface area contributed by atoms with Crippen LogP contribution < -0.4 is 4.74 Å². The van der Waals surface area contributed by atoms with Crippen molar-refractivity contribution in [2.24, 2.45) is 4.99 Å². The van der Waals surface area contributed by atoms with E-state index in [0.29, 0.717) is 39.2 Å². The van der Waals surface area contributed by atoms with Crippen LogP contribution in [0.3, 0.4) is 0 Å². The van der Waals surface area contributed by atoms with Crippen molar-refractivity contribution >= 4 is 40.3 Å². The molecule has 0 unspecified atom stereocenters. The molecule has 0 saturated carbocycles. The van der Waals surface area contributed by atoms with Gasteiger partial charge in [0.2, 0.25) is 0 Å². The van der Waals surface area contributed by atoms with E-state index in [1.165, 1.54) is 36.0 Å². The van der Waals surface area contributed by atoms with Gasteiger partial charge in [0.25, 0.3) is 11.6 Å². The molecule has 0 aromatic heterocycles. The van der Waals surface area contributed by atoms with E-state index in [-0.39, 0.29) is 24.0 Å². The minimum absolute atomic E-state index is 0.00270. The van der Waals surface area contributed by atoms with E-state index < -0.39 is 4.92 Å². The van der Waals surface area contributed by atoms with Crippen LogP contribution >= 0.6 is 11.8 Å². The highest BCUT2D eigenvalue weighted by Gasteiger charge is 2.32. The molecule has 0 atom stereocenters. The van der Waals surface area contributed by atoms with Gasteiger partial charge in [-0.1, -0.05) is 30.3 Å². The molecule has 9 heteroatoms. The van der Waals surface area contributed by atoms with Crippen molar-refractivity contribution < 1.29 is 18.8 Å². The monoisotopic (exact) mass is 477 g/mol. The van der Waals surface area contributed by atoms with Gasteiger partial charge in [-0.15, -0.1) is 0 Å². The zero-order valence-electron chi connectivity index (χ0n) is 18.2. The van der Waals surface area contributed by atoms with Gasteiger partial charge in [0, 0.05) is 24.2 Å². The minimum Gasteiger partial charge on any atom is -0.488 e. The topological polar surface area (TPSA) is 85.0 Å². The lowest BCUT2D eigenvalue weighted by molar-refractivity contribution is -0.384. The third-order valence-corrected chi connectivity index (χ3v) is 5.98. The molecule has 3 aromatic rings. The van der Waals surface area contributed by atoms with Crippen LogP contribution in [0.4, 0.5) is 15.8 Å². The van der Waals surface area contributed by atoms with Gasteiger partial charge in [-0.25, -0.2) is 9.38 Å². The van der Waals surface area contributed by atoms with Crippen LogP contribution in [0.15, 0.2) is 82.7 Å². The summed E-state index contributed by atoms with van der Waals surface area (Å²) in [7, 11) is 0. The number of para-hydroxylation sites is 1. The molecule has 1 fully saturated rings. The maximum atomic E-state index is 13.2. The van der Waals surface area contributed by atoms with E-state index >= 15 is 0 Å². The largest absolute Gasteiger partial charge is 0.488 e. The molecule has 0 bridgehead atoms. The number of nitro benzene ring substituents is 1. The zero-order valence-corrected chi connectivity index (χ0v) is 19.0. The Balaban J connectivity index is 1.57. The summed E-state index contributed by atoms with van der Waals surface area (Å²) in [5.41, 5.74) is 1.91. The molecular formula is C25H20FN3O4S. The van der Waals surface area contributed by atoms with Crippen LogP contribution in [-0.2, 0) is 11.4 Å². The Morgan fingerprint density at radius 2 is 1.88 bits per heavy atom. The molecular weight excluding hydrogens is 457 g/mol. The first-order valence-corrected chi connectivity index (χ1v) is 11.3. The molecule has 1 aliphatic rings. The lowest BCUT2D eigenvalue weighted by Gasteiger charge is -2.12. The van der Waals surface area contributed by atoms with Crippen molar-refractivity contribution in [3.63, 3.8) is 0 Å². The van der Waals surface area contributed by atoms with Gasteiger partial charge in [0.15, 0.2) is 5.17 Å². The number of nitrogens with zero attached hydrogens (tertiary/aromatic N) is 3. The Kier molecular flexibility index (Phi) is 7.03. The number of benzene rings is 3. The number of non-ortho nitro benzene ring substituents is 1. The van der Waals surface area contributed by atoms with Crippen molar-refractivity contribution in [3.05, 3.63) is 105 Å². The van der Waals surface area contributed by atoms with E-state index in [0.717, 1.165) is 0 Å². The minimum atomic E-state index is -0.449. The number of aliphatic imine (C=N–C) groups is 1. The molecule has 1 saturated heterocycles. The van der Waals surface area contributed by atoms with E-state index in [1.54, 1.807) is 41.3 Å². The number of hydrogen-bond acceptors (Lipinski definition) is 6. The number of thioether (sulfide) groups is 1. The van der Waals surface area contributed by atoms with Crippen LogP contribution in [0.2, 0.25) is 0 Å². The molecule has 4 rings (SSSR count). The van der Waals surface area contributed by atoms with Gasteiger partial charge in [0.1, 0.15) is 18.2 Å². The Morgan fingerprint density at radius 3 is 2.62 bits per heavy atom. The molecule has 1 heterocycles. The van der Waals surface area contributed by atoms with Crippen molar-refractivity contribution in [1.82, 2.24) is 4.90 Å². The second-order valence-corrected chi connectivity index (χ2v) is 8.29. The lowest BCUT2D eigenvalue weighted by atomic mass is 10.1. The third kappa shape index (κ3) is 5.32. The van der Waals surface area contributed by atoms with Gasteiger partial charge in [-0.3, -0.25) is 19.8 Å². The number of likely N-dealkylation sites (N-methyl/N-ethyl adjacent to an activating group) is 1. The summed E-state index contributed by atoms with van der Waals surface area (Å²) in [5, 5.41) is 11.5. The Bertz CT molecular complexity index is 1290. The van der Waals surface area contributed by atoms with Crippen molar-refractivity contribution in [2.75, 3.05) is 6.54 Å². The maximum Gasteiger partial charge on any atom is 0.269 e. The summed E-state index contributed by atoms with van der Waals surface area (Å²) in [6, 6.07) is 19.3. The molecule has 34 heavy (non-hydrogen) atoms. The Hall–Kier alpha value is -3.98. The molecule has 0 N–H and O–H groups in total. The smallest absolute Gasteiger partial charge is 0.269 e. The Morgan fingerprint density at radius 1 is 1.12 bits per heavy atom. The predicted molar refractivity (Wildman–Crippen MR) is 130 cm³/mol. The number of hydrogen-bond donors (Lipinski definition) is 0. The standard InChI is InChI=1S/C25H20FN3O4S/c1-2-28-24(30)23(34-25(28)27-20-12-10-19(26)11-13-20)15-18-7-3-4-9-22(18)33-16-17-6-5-8-21(14-17)29(31)32/h3-15H,2,16H2,1H3/b23-15+,27-25?. The van der Waals surface area contributed by atoms with Gasteiger partial charge in [0.05, 0.1) is 15.5 Å².